The predicted octanol–water partition coefficient (Wildman–Crippen LogP) is 4.16. The molecule has 0 radical (unpaired) electrons. The van der Waals surface area contributed by atoms with Gasteiger partial charge in [-0.3, -0.25) is 14.2 Å². The van der Waals surface area contributed by atoms with Crippen LogP contribution in [0.5, 0.6) is 11.5 Å². The quantitative estimate of drug-likeness (QED) is 0.431. The minimum atomic E-state index is -0.612. The Kier molecular flexibility index (Phi) is 8.19. The number of aromatic nitrogens is 1. The van der Waals surface area contributed by atoms with Crippen LogP contribution >= 0.6 is 22.9 Å². The first-order valence-electron chi connectivity index (χ1n) is 12.2. The van der Waals surface area contributed by atoms with E-state index in [-0.39, 0.29) is 11.5 Å². The third-order valence-corrected chi connectivity index (χ3v) is 7.51. The van der Waals surface area contributed by atoms with Crippen molar-refractivity contribution in [1.82, 2.24) is 9.47 Å². The van der Waals surface area contributed by atoms with E-state index in [0.717, 1.165) is 11.1 Å². The van der Waals surface area contributed by atoms with Crippen LogP contribution in [0.3, 0.4) is 0 Å². The summed E-state index contributed by atoms with van der Waals surface area (Å²) in [5, 5.41) is 0.581. The summed E-state index contributed by atoms with van der Waals surface area (Å²) < 4.78 is 13.2. The Balaban J connectivity index is 1.91. The fraction of sp³-hybridized carbons (Fsp3) is 0.321. The molecular weight excluding hydrogens is 510 g/mol. The average Bonchev–Trinajstić information content (AvgIpc) is 3.19. The highest BCUT2D eigenvalue weighted by molar-refractivity contribution is 7.07. The van der Waals surface area contributed by atoms with Crippen molar-refractivity contribution in [3.05, 3.63) is 89.6 Å². The number of allylic oxidation sites excluding steroid dienone is 1. The smallest absolute Gasteiger partial charge is 0.271 e. The van der Waals surface area contributed by atoms with Gasteiger partial charge < -0.3 is 14.4 Å². The van der Waals surface area contributed by atoms with Gasteiger partial charge in [-0.15, -0.1) is 0 Å². The number of carbonyl (C=O) groups is 1. The third kappa shape index (κ3) is 5.22. The Morgan fingerprint density at radius 1 is 1.14 bits per heavy atom. The minimum absolute atomic E-state index is 0.128. The van der Waals surface area contributed by atoms with Crippen molar-refractivity contribution in [3.63, 3.8) is 0 Å². The molecule has 3 aromatic rings. The van der Waals surface area contributed by atoms with E-state index in [1.54, 1.807) is 28.7 Å². The van der Waals surface area contributed by atoms with Crippen LogP contribution in [0.25, 0.3) is 6.08 Å². The molecule has 1 aliphatic heterocycles. The van der Waals surface area contributed by atoms with E-state index in [1.165, 1.54) is 11.3 Å². The summed E-state index contributed by atoms with van der Waals surface area (Å²) in [5.74, 6) is 1.10. The number of nitrogens with zero attached hydrogens (tertiary/aromatic N) is 3. The van der Waals surface area contributed by atoms with Crippen molar-refractivity contribution in [2.75, 3.05) is 26.8 Å². The Morgan fingerprint density at radius 3 is 2.46 bits per heavy atom. The first kappa shape index (κ1) is 26.7. The maximum Gasteiger partial charge on any atom is 0.271 e. The number of thiazole rings is 1. The number of hydrogen-bond donors (Lipinski definition) is 0. The molecule has 1 aliphatic rings. The largest absolute Gasteiger partial charge is 0.493 e. The van der Waals surface area contributed by atoms with Crippen molar-refractivity contribution in [2.45, 2.75) is 33.7 Å². The molecule has 1 amide bonds. The Hall–Kier alpha value is -3.36. The van der Waals surface area contributed by atoms with Gasteiger partial charge in [0, 0.05) is 18.1 Å². The number of methoxy groups -OCH3 is 1. The molecule has 37 heavy (non-hydrogen) atoms. The molecule has 0 unspecified atom stereocenters. The van der Waals surface area contributed by atoms with Gasteiger partial charge in [0.05, 0.1) is 35.6 Å². The second kappa shape index (κ2) is 11.4. The van der Waals surface area contributed by atoms with E-state index in [1.807, 2.05) is 64.1 Å². The molecule has 0 N–H and O–H groups in total. The number of halogens is 1. The predicted molar refractivity (Wildman–Crippen MR) is 147 cm³/mol. The first-order chi connectivity index (χ1) is 17.8. The van der Waals surface area contributed by atoms with E-state index >= 15 is 0 Å². The summed E-state index contributed by atoms with van der Waals surface area (Å²) in [6.45, 7) is 9.25. The number of benzene rings is 2. The number of carbonyl (C=O) groups excluding carboxylic acids is 1. The highest BCUT2D eigenvalue weighted by atomic mass is 35.5. The molecule has 194 valence electrons. The second-order valence-electron chi connectivity index (χ2n) is 8.45. The van der Waals surface area contributed by atoms with Crippen molar-refractivity contribution >= 4 is 34.9 Å². The van der Waals surface area contributed by atoms with Crippen LogP contribution < -0.4 is 24.4 Å². The van der Waals surface area contributed by atoms with Gasteiger partial charge in [0.1, 0.15) is 0 Å². The van der Waals surface area contributed by atoms with Crippen molar-refractivity contribution in [2.24, 2.45) is 4.99 Å². The molecular formula is C28H30ClN3O4S. The van der Waals surface area contributed by atoms with Crippen molar-refractivity contribution < 1.29 is 14.3 Å². The van der Waals surface area contributed by atoms with Crippen LogP contribution in [-0.4, -0.2) is 42.2 Å². The number of likely N-dealkylation sites (N-methyl/N-ethyl adjacent to an activating group) is 1. The molecule has 7 nitrogen and oxygen atoms in total. The molecule has 9 heteroatoms. The number of hydrogen-bond acceptors (Lipinski definition) is 6. The summed E-state index contributed by atoms with van der Waals surface area (Å²) in [6, 6.07) is 12.2. The lowest BCUT2D eigenvalue weighted by Crippen LogP contribution is -2.43. The van der Waals surface area contributed by atoms with Crippen LogP contribution in [0.1, 0.15) is 44.9 Å². The van der Waals surface area contributed by atoms with E-state index in [0.29, 0.717) is 56.8 Å². The Morgan fingerprint density at radius 2 is 1.84 bits per heavy atom. The van der Waals surface area contributed by atoms with Gasteiger partial charge in [-0.2, -0.15) is 0 Å². The van der Waals surface area contributed by atoms with Crippen molar-refractivity contribution in [1.29, 1.82) is 0 Å². The standard InChI is InChI=1S/C28H30ClN3O4S/c1-6-31(7-2)27(34)24-17(4)30-28-32(25(24)19-10-12-20(29)13-11-19)26(33)23(37-28)16-18-9-14-21(36-8-3)22(15-18)35-5/h9-16,25H,6-8H2,1-5H3/b23-16+/t25-/m0/s1. The highest BCUT2D eigenvalue weighted by Crippen LogP contribution is 2.32. The second-order valence-corrected chi connectivity index (χ2v) is 9.90. The lowest BCUT2D eigenvalue weighted by atomic mass is 9.94. The molecule has 4 rings (SSSR count). The fourth-order valence-electron chi connectivity index (χ4n) is 4.44. The number of fused-ring (bicyclic) bond motifs is 1. The molecule has 0 fully saturated rings. The molecule has 2 aromatic carbocycles. The van der Waals surface area contributed by atoms with E-state index in [4.69, 9.17) is 26.1 Å². The zero-order valence-electron chi connectivity index (χ0n) is 21.6. The van der Waals surface area contributed by atoms with E-state index in [2.05, 4.69) is 0 Å². The number of rotatable bonds is 8. The molecule has 1 atom stereocenters. The van der Waals surface area contributed by atoms with Crippen LogP contribution in [0.15, 0.2) is 63.5 Å². The SMILES string of the molecule is CCOc1ccc(/C=c2/sc3n(c2=O)[C@@H](c2ccc(Cl)cc2)C(C(=O)N(CC)CC)=C(C)N=3)cc1OC. The molecule has 2 heterocycles. The molecule has 0 saturated heterocycles. The molecule has 0 spiro atoms. The summed E-state index contributed by atoms with van der Waals surface area (Å²) >= 11 is 7.45. The maximum absolute atomic E-state index is 13.8. The van der Waals surface area contributed by atoms with Gasteiger partial charge >= 0.3 is 0 Å². The summed E-state index contributed by atoms with van der Waals surface area (Å²) in [4.78, 5) is 34.5. The first-order valence-corrected chi connectivity index (χ1v) is 13.4. The average molecular weight is 540 g/mol. The lowest BCUT2D eigenvalue weighted by Gasteiger charge is -2.29. The molecule has 0 saturated carbocycles. The van der Waals surface area contributed by atoms with Crippen LogP contribution in [0.4, 0.5) is 0 Å². The Bertz CT molecular complexity index is 1520. The maximum atomic E-state index is 13.8. The lowest BCUT2D eigenvalue weighted by molar-refractivity contribution is -0.127. The normalized spacial score (nSPS) is 15.3. The Labute approximate surface area is 224 Å². The van der Waals surface area contributed by atoms with Gasteiger partial charge in [-0.1, -0.05) is 41.1 Å². The highest BCUT2D eigenvalue weighted by Gasteiger charge is 2.34. The van der Waals surface area contributed by atoms with E-state index < -0.39 is 6.04 Å². The zero-order valence-corrected chi connectivity index (χ0v) is 23.2. The zero-order chi connectivity index (χ0) is 26.7. The summed E-state index contributed by atoms with van der Waals surface area (Å²) in [6.07, 6.45) is 1.81. The molecule has 0 bridgehead atoms. The summed E-state index contributed by atoms with van der Waals surface area (Å²) in [5.41, 5.74) is 2.47. The van der Waals surface area contributed by atoms with Gasteiger partial charge in [0.15, 0.2) is 16.3 Å². The summed E-state index contributed by atoms with van der Waals surface area (Å²) in [7, 11) is 1.58. The van der Waals surface area contributed by atoms with Gasteiger partial charge in [0.25, 0.3) is 11.5 Å². The molecule has 1 aromatic heterocycles. The van der Waals surface area contributed by atoms with Gasteiger partial charge in [-0.05, 0) is 69.2 Å². The monoisotopic (exact) mass is 539 g/mol. The number of ether oxygens (including phenoxy) is 2. The minimum Gasteiger partial charge on any atom is -0.493 e. The topological polar surface area (TPSA) is 73.1 Å². The van der Waals surface area contributed by atoms with Crippen molar-refractivity contribution in [3.8, 4) is 11.5 Å². The van der Waals surface area contributed by atoms with Gasteiger partial charge in [-0.25, -0.2) is 4.99 Å². The number of amides is 1. The van der Waals surface area contributed by atoms with Crippen LogP contribution in [-0.2, 0) is 4.79 Å². The van der Waals surface area contributed by atoms with Crippen LogP contribution in [0, 0.1) is 0 Å². The van der Waals surface area contributed by atoms with Gasteiger partial charge in [0.2, 0.25) is 0 Å². The van der Waals surface area contributed by atoms with Crippen LogP contribution in [0.2, 0.25) is 5.02 Å². The van der Waals surface area contributed by atoms with E-state index in [9.17, 15) is 9.59 Å². The third-order valence-electron chi connectivity index (χ3n) is 6.27. The molecule has 0 aliphatic carbocycles. The fourth-order valence-corrected chi connectivity index (χ4v) is 5.61.